The summed E-state index contributed by atoms with van der Waals surface area (Å²) in [7, 11) is -3.90. The van der Waals surface area contributed by atoms with Crippen LogP contribution >= 0.6 is 22.6 Å². The summed E-state index contributed by atoms with van der Waals surface area (Å²) in [6, 6.07) is 23.5. The van der Waals surface area contributed by atoms with Crippen LogP contribution in [0.3, 0.4) is 0 Å². The van der Waals surface area contributed by atoms with E-state index in [0.717, 1.165) is 25.5 Å². The predicted octanol–water partition coefficient (Wildman–Crippen LogP) is 6.57. The van der Waals surface area contributed by atoms with Gasteiger partial charge in [-0.2, -0.15) is 9.82 Å². The van der Waals surface area contributed by atoms with Crippen LogP contribution < -0.4 is 19.6 Å². The monoisotopic (exact) mass is 713 g/mol. The van der Waals surface area contributed by atoms with Gasteiger partial charge >= 0.3 is 0 Å². The summed E-state index contributed by atoms with van der Waals surface area (Å²) in [5.74, 6) is 0.706. The fraction of sp³-hybridized carbons (Fsp3) is 0.273. The highest BCUT2D eigenvalue weighted by molar-refractivity contribution is 14.1. The first kappa shape index (κ1) is 32.4. The second-order valence-electron chi connectivity index (χ2n) is 10.5. The predicted molar refractivity (Wildman–Crippen MR) is 179 cm³/mol. The Labute approximate surface area is 267 Å². The van der Waals surface area contributed by atoms with Crippen molar-refractivity contribution in [2.45, 2.75) is 51.7 Å². The van der Waals surface area contributed by atoms with Crippen molar-refractivity contribution < 1.29 is 22.7 Å². The molecule has 43 heavy (non-hydrogen) atoms. The quantitative estimate of drug-likeness (QED) is 0.0927. The zero-order valence-electron chi connectivity index (χ0n) is 24.6. The molecule has 0 spiro atoms. The van der Waals surface area contributed by atoms with Gasteiger partial charge in [-0.15, -0.1) is 0 Å². The molecule has 4 aromatic rings. The fourth-order valence-electron chi connectivity index (χ4n) is 4.53. The molecule has 2 N–H and O–H groups in total. The van der Waals surface area contributed by atoms with Crippen LogP contribution in [0.25, 0.3) is 10.8 Å². The van der Waals surface area contributed by atoms with Gasteiger partial charge in [0.05, 0.1) is 21.3 Å². The number of halogens is 1. The minimum absolute atomic E-state index is 0.0668. The van der Waals surface area contributed by atoms with Crippen LogP contribution in [0.1, 0.15) is 43.9 Å². The average molecular weight is 714 g/mol. The van der Waals surface area contributed by atoms with Crippen LogP contribution in [0.4, 0.5) is 0 Å². The van der Waals surface area contributed by atoms with Crippen molar-refractivity contribution in [3.63, 3.8) is 0 Å². The first-order valence-corrected chi connectivity index (χ1v) is 16.6. The number of rotatable bonds is 13. The van der Waals surface area contributed by atoms with Gasteiger partial charge in [0.15, 0.2) is 11.5 Å². The average Bonchev–Trinajstić information content (AvgIpc) is 2.96. The number of nitrogens with one attached hydrogen (secondary N) is 2. The summed E-state index contributed by atoms with van der Waals surface area (Å²) in [6.07, 6.45) is 1.81. The molecule has 10 heteroatoms. The van der Waals surface area contributed by atoms with Crippen molar-refractivity contribution in [3.8, 4) is 11.5 Å². The lowest BCUT2D eigenvalue weighted by molar-refractivity contribution is -0.123. The summed E-state index contributed by atoms with van der Waals surface area (Å²) < 4.78 is 41.4. The number of sulfonamides is 1. The molecule has 0 heterocycles. The maximum absolute atomic E-state index is 13.0. The van der Waals surface area contributed by atoms with Gasteiger partial charge in [0, 0.05) is 0 Å². The molecule has 0 aliphatic heterocycles. The SMILES string of the molecule is CCOc1cc(/C=N\NC(=O)[C@H](CC(C)C)NS(=O)(=O)c2ccc(C)cc2)cc(I)c1OCc1cccc2ccccc12. The number of amides is 1. The Kier molecular flexibility index (Phi) is 11.2. The first-order valence-electron chi connectivity index (χ1n) is 14.0. The summed E-state index contributed by atoms with van der Waals surface area (Å²) in [4.78, 5) is 13.1. The van der Waals surface area contributed by atoms with Gasteiger partial charge in [-0.3, -0.25) is 4.79 Å². The zero-order valence-corrected chi connectivity index (χ0v) is 27.6. The van der Waals surface area contributed by atoms with Gasteiger partial charge in [0.25, 0.3) is 5.91 Å². The summed E-state index contributed by atoms with van der Waals surface area (Å²) in [5.41, 5.74) is 5.19. The molecule has 8 nitrogen and oxygen atoms in total. The van der Waals surface area contributed by atoms with Crippen molar-refractivity contribution in [2.24, 2.45) is 11.0 Å². The molecule has 4 rings (SSSR count). The van der Waals surface area contributed by atoms with E-state index in [-0.39, 0.29) is 10.8 Å². The van der Waals surface area contributed by atoms with Crippen LogP contribution in [0, 0.1) is 16.4 Å². The Morgan fingerprint density at radius 2 is 1.72 bits per heavy atom. The molecule has 0 fully saturated rings. The zero-order chi connectivity index (χ0) is 31.0. The first-order chi connectivity index (χ1) is 20.6. The van der Waals surface area contributed by atoms with E-state index in [9.17, 15) is 13.2 Å². The molecule has 0 saturated carbocycles. The lowest BCUT2D eigenvalue weighted by Crippen LogP contribution is -2.46. The van der Waals surface area contributed by atoms with Crippen LogP contribution in [-0.4, -0.2) is 33.2 Å². The maximum atomic E-state index is 13.0. The van der Waals surface area contributed by atoms with E-state index in [1.54, 1.807) is 18.2 Å². The van der Waals surface area contributed by atoms with E-state index >= 15 is 0 Å². The molecule has 0 saturated heterocycles. The molecule has 0 aromatic heterocycles. The second kappa shape index (κ2) is 14.8. The number of nitrogens with zero attached hydrogens (tertiary/aromatic N) is 1. The van der Waals surface area contributed by atoms with Gasteiger partial charge < -0.3 is 9.47 Å². The topological polar surface area (TPSA) is 106 Å². The molecule has 0 radical (unpaired) electrons. The molecule has 0 aliphatic carbocycles. The van der Waals surface area contributed by atoms with E-state index in [0.29, 0.717) is 36.7 Å². The third-order valence-corrected chi connectivity index (χ3v) is 8.91. The number of fused-ring (bicyclic) bond motifs is 1. The molecule has 1 atom stereocenters. The Morgan fingerprint density at radius 1 is 1.00 bits per heavy atom. The molecule has 0 bridgehead atoms. The summed E-state index contributed by atoms with van der Waals surface area (Å²) in [5, 5.41) is 6.41. The summed E-state index contributed by atoms with van der Waals surface area (Å²) >= 11 is 2.19. The third-order valence-electron chi connectivity index (χ3n) is 6.62. The maximum Gasteiger partial charge on any atom is 0.258 e. The van der Waals surface area contributed by atoms with Crippen molar-refractivity contribution in [2.75, 3.05) is 6.61 Å². The van der Waals surface area contributed by atoms with Gasteiger partial charge in [-0.1, -0.05) is 74.0 Å². The highest BCUT2D eigenvalue weighted by Crippen LogP contribution is 2.35. The standard InChI is InChI=1S/C33H36IN3O5S/c1-5-41-31-19-24(18-29(34)32(31)42-21-26-11-8-10-25-9-6-7-12-28(25)26)20-35-36-33(38)30(17-22(2)3)37-43(39,40)27-15-13-23(4)14-16-27/h6-16,18-20,22,30,37H,5,17,21H2,1-4H3,(H,36,38)/b35-20-/t30-/m0/s1. The number of hydrogen-bond acceptors (Lipinski definition) is 6. The molecular formula is C33H36IN3O5S. The minimum atomic E-state index is -3.90. The van der Waals surface area contributed by atoms with E-state index in [4.69, 9.17) is 9.47 Å². The Bertz CT molecular complexity index is 1700. The van der Waals surface area contributed by atoms with Crippen molar-refractivity contribution in [1.82, 2.24) is 10.1 Å². The number of hydrazone groups is 1. The highest BCUT2D eigenvalue weighted by atomic mass is 127. The normalized spacial score (nSPS) is 12.5. The molecular weight excluding hydrogens is 677 g/mol. The molecule has 0 unspecified atom stereocenters. The number of aryl methyl sites for hydroxylation is 1. The third kappa shape index (κ3) is 8.77. The molecule has 1 amide bonds. The van der Waals surface area contributed by atoms with Crippen LogP contribution in [-0.2, 0) is 21.4 Å². The fourth-order valence-corrected chi connectivity index (χ4v) is 6.52. The Hall–Kier alpha value is -3.48. The van der Waals surface area contributed by atoms with Gasteiger partial charge in [-0.05, 0) is 94.9 Å². The van der Waals surface area contributed by atoms with E-state index in [2.05, 4.69) is 56.0 Å². The van der Waals surface area contributed by atoms with Gasteiger partial charge in [0.2, 0.25) is 10.0 Å². The number of benzene rings is 4. The Morgan fingerprint density at radius 3 is 2.44 bits per heavy atom. The van der Waals surface area contributed by atoms with E-state index in [1.807, 2.05) is 58.0 Å². The smallest absolute Gasteiger partial charge is 0.258 e. The molecule has 0 aliphatic rings. The number of ether oxygens (including phenoxy) is 2. The van der Waals surface area contributed by atoms with Crippen molar-refractivity contribution in [3.05, 3.63) is 99.1 Å². The molecule has 226 valence electrons. The van der Waals surface area contributed by atoms with Crippen LogP contribution in [0.15, 0.2) is 88.9 Å². The van der Waals surface area contributed by atoms with Gasteiger partial charge in [-0.25, -0.2) is 13.8 Å². The lowest BCUT2D eigenvalue weighted by atomic mass is 10.0. The van der Waals surface area contributed by atoms with Crippen LogP contribution in [0.5, 0.6) is 11.5 Å². The van der Waals surface area contributed by atoms with Crippen LogP contribution in [0.2, 0.25) is 0 Å². The molecule has 4 aromatic carbocycles. The Balaban J connectivity index is 1.47. The van der Waals surface area contributed by atoms with Gasteiger partial charge in [0.1, 0.15) is 12.6 Å². The van der Waals surface area contributed by atoms with Crippen molar-refractivity contribution in [1.29, 1.82) is 0 Å². The highest BCUT2D eigenvalue weighted by Gasteiger charge is 2.26. The largest absolute Gasteiger partial charge is 0.490 e. The second-order valence-corrected chi connectivity index (χ2v) is 13.4. The minimum Gasteiger partial charge on any atom is -0.490 e. The van der Waals surface area contributed by atoms with Crippen molar-refractivity contribution >= 4 is 55.5 Å². The number of carbonyl (C=O) groups excluding carboxylic acids is 1. The van der Waals surface area contributed by atoms with E-state index in [1.165, 1.54) is 18.3 Å². The van der Waals surface area contributed by atoms with E-state index < -0.39 is 22.0 Å². The number of hydrogen-bond donors (Lipinski definition) is 2. The summed E-state index contributed by atoms with van der Waals surface area (Å²) in [6.45, 7) is 8.43. The lowest BCUT2D eigenvalue weighted by Gasteiger charge is -2.19. The number of carbonyl (C=O) groups is 1.